The van der Waals surface area contributed by atoms with Gasteiger partial charge in [-0.2, -0.15) is 0 Å². The molecule has 6 heteroatoms. The number of carbonyl (C=O) groups is 1. The summed E-state index contributed by atoms with van der Waals surface area (Å²) in [7, 11) is 0. The minimum atomic E-state index is -0.882. The molecule has 3 aromatic rings. The predicted octanol–water partition coefficient (Wildman–Crippen LogP) is 4.66. The molecule has 34 heavy (non-hydrogen) atoms. The van der Waals surface area contributed by atoms with Crippen LogP contribution in [0.3, 0.4) is 0 Å². The highest BCUT2D eigenvalue weighted by atomic mass is 16.7. The molecule has 0 bridgehead atoms. The molecule has 0 amide bonds. The van der Waals surface area contributed by atoms with Crippen LogP contribution in [0.5, 0.6) is 0 Å². The van der Waals surface area contributed by atoms with Crippen molar-refractivity contribution in [3.05, 3.63) is 108 Å². The van der Waals surface area contributed by atoms with Crippen molar-refractivity contribution in [1.29, 1.82) is 0 Å². The average molecular weight is 463 g/mol. The predicted molar refractivity (Wildman–Crippen MR) is 127 cm³/mol. The van der Waals surface area contributed by atoms with E-state index in [0.717, 1.165) is 16.7 Å². The summed E-state index contributed by atoms with van der Waals surface area (Å²) in [5.74, 6) is -0.439. The summed E-state index contributed by atoms with van der Waals surface area (Å²) in [6.07, 6.45) is -2.42. The lowest BCUT2D eigenvalue weighted by molar-refractivity contribution is -0.195. The van der Waals surface area contributed by atoms with Gasteiger partial charge in [0.25, 0.3) is 0 Å². The molecule has 4 rings (SSSR count). The third-order valence-electron chi connectivity index (χ3n) is 5.51. The Morgan fingerprint density at radius 3 is 1.68 bits per heavy atom. The minimum absolute atomic E-state index is 0.275. The molecule has 0 aliphatic carbocycles. The molecule has 0 spiro atoms. The zero-order valence-electron chi connectivity index (χ0n) is 19.2. The van der Waals surface area contributed by atoms with Gasteiger partial charge in [-0.25, -0.2) is 0 Å². The maximum atomic E-state index is 11.8. The van der Waals surface area contributed by atoms with Crippen molar-refractivity contribution < 1.29 is 28.5 Å². The van der Waals surface area contributed by atoms with E-state index in [1.165, 1.54) is 6.92 Å². The van der Waals surface area contributed by atoms with Crippen molar-refractivity contribution in [2.45, 2.75) is 51.3 Å². The lowest BCUT2D eigenvalue weighted by Gasteiger charge is -2.24. The van der Waals surface area contributed by atoms with Gasteiger partial charge in [-0.3, -0.25) is 4.79 Å². The molecular weight excluding hydrogens is 432 g/mol. The number of carbonyl (C=O) groups excluding carboxylic acids is 1. The number of rotatable bonds is 11. The normalized spacial score (nSPS) is 21.9. The van der Waals surface area contributed by atoms with E-state index in [1.54, 1.807) is 0 Å². The Bertz CT molecular complexity index is 995. The third-order valence-corrected chi connectivity index (χ3v) is 5.51. The van der Waals surface area contributed by atoms with Gasteiger partial charge in [-0.15, -0.1) is 0 Å². The monoisotopic (exact) mass is 462 g/mol. The molecule has 0 radical (unpaired) electrons. The van der Waals surface area contributed by atoms with Gasteiger partial charge < -0.3 is 23.7 Å². The second-order valence-corrected chi connectivity index (χ2v) is 8.18. The van der Waals surface area contributed by atoms with Crippen LogP contribution >= 0.6 is 0 Å². The molecule has 1 heterocycles. The molecule has 4 atom stereocenters. The first kappa shape index (κ1) is 24.1. The molecule has 0 aromatic heterocycles. The van der Waals surface area contributed by atoms with E-state index in [-0.39, 0.29) is 6.61 Å². The molecule has 6 nitrogen and oxygen atoms in total. The van der Waals surface area contributed by atoms with Gasteiger partial charge in [0.1, 0.15) is 18.3 Å². The quantitative estimate of drug-likeness (QED) is 0.386. The summed E-state index contributed by atoms with van der Waals surface area (Å²) >= 11 is 0. The Kier molecular flexibility index (Phi) is 8.82. The van der Waals surface area contributed by atoms with Gasteiger partial charge in [-0.1, -0.05) is 91.0 Å². The van der Waals surface area contributed by atoms with Crippen LogP contribution in [-0.4, -0.2) is 37.2 Å². The van der Waals surface area contributed by atoms with Crippen molar-refractivity contribution in [2.24, 2.45) is 0 Å². The molecule has 1 fully saturated rings. The molecular formula is C28H30O6. The molecule has 1 aliphatic heterocycles. The Morgan fingerprint density at radius 2 is 1.18 bits per heavy atom. The Hall–Kier alpha value is -3.03. The summed E-state index contributed by atoms with van der Waals surface area (Å²) in [5.41, 5.74) is 3.11. The van der Waals surface area contributed by atoms with Gasteiger partial charge in [0.15, 0.2) is 0 Å². The summed E-state index contributed by atoms with van der Waals surface area (Å²) in [5, 5.41) is 0. The smallest absolute Gasteiger partial charge is 0.305 e. The Balaban J connectivity index is 1.47. The van der Waals surface area contributed by atoms with Crippen LogP contribution < -0.4 is 0 Å². The average Bonchev–Trinajstić information content (AvgIpc) is 3.18. The fraction of sp³-hybridized carbons (Fsp3) is 0.321. The van der Waals surface area contributed by atoms with E-state index in [0.29, 0.717) is 19.8 Å². The second-order valence-electron chi connectivity index (χ2n) is 8.18. The highest BCUT2D eigenvalue weighted by Gasteiger charge is 2.48. The zero-order valence-corrected chi connectivity index (χ0v) is 19.2. The summed E-state index contributed by atoms with van der Waals surface area (Å²) in [6.45, 7) is 2.80. The fourth-order valence-electron chi connectivity index (χ4n) is 3.86. The zero-order chi connectivity index (χ0) is 23.6. The Morgan fingerprint density at radius 1 is 0.706 bits per heavy atom. The van der Waals surface area contributed by atoms with Gasteiger partial charge in [0, 0.05) is 6.92 Å². The molecule has 3 aromatic carbocycles. The molecule has 0 unspecified atom stereocenters. The van der Waals surface area contributed by atoms with Gasteiger partial charge in [0.2, 0.25) is 6.29 Å². The lowest BCUT2D eigenvalue weighted by atomic mass is 10.1. The van der Waals surface area contributed by atoms with Gasteiger partial charge in [-0.05, 0) is 16.7 Å². The first-order chi connectivity index (χ1) is 16.7. The van der Waals surface area contributed by atoms with Crippen LogP contribution in [0, 0.1) is 0 Å². The Labute approximate surface area is 200 Å². The minimum Gasteiger partial charge on any atom is -0.433 e. The molecule has 0 N–H and O–H groups in total. The maximum Gasteiger partial charge on any atom is 0.305 e. The number of ether oxygens (including phenoxy) is 5. The van der Waals surface area contributed by atoms with Crippen molar-refractivity contribution in [3.63, 3.8) is 0 Å². The highest BCUT2D eigenvalue weighted by Crippen LogP contribution is 2.30. The summed E-state index contributed by atoms with van der Waals surface area (Å²) in [4.78, 5) is 11.8. The third kappa shape index (κ3) is 6.98. The lowest BCUT2D eigenvalue weighted by Crippen LogP contribution is -2.40. The largest absolute Gasteiger partial charge is 0.433 e. The first-order valence-corrected chi connectivity index (χ1v) is 11.4. The molecule has 1 aliphatic rings. The van der Waals surface area contributed by atoms with Gasteiger partial charge in [0.05, 0.1) is 26.4 Å². The number of esters is 1. The van der Waals surface area contributed by atoms with E-state index in [9.17, 15) is 4.79 Å². The van der Waals surface area contributed by atoms with Crippen LogP contribution in [0.15, 0.2) is 91.0 Å². The summed E-state index contributed by atoms with van der Waals surface area (Å²) in [6, 6.07) is 29.7. The van der Waals surface area contributed by atoms with Gasteiger partial charge >= 0.3 is 5.97 Å². The van der Waals surface area contributed by atoms with E-state index < -0.39 is 30.6 Å². The molecule has 1 saturated heterocycles. The van der Waals surface area contributed by atoms with Crippen molar-refractivity contribution >= 4 is 5.97 Å². The summed E-state index contributed by atoms with van der Waals surface area (Å²) < 4.78 is 30.0. The molecule has 0 saturated carbocycles. The second kappa shape index (κ2) is 12.4. The standard InChI is InChI=1S/C28H30O6/c1-21(29)33-28-27(32-19-24-15-9-4-10-16-24)26(31-18-23-13-7-3-8-14-23)25(34-28)20-30-17-22-11-5-2-6-12-22/h2-16,25-28H,17-20H2,1H3/t25-,26+,27+,28+/m0/s1. The van der Waals surface area contributed by atoms with Crippen LogP contribution in [0.25, 0.3) is 0 Å². The number of benzene rings is 3. The van der Waals surface area contributed by atoms with Crippen molar-refractivity contribution in [1.82, 2.24) is 0 Å². The number of hydrogen-bond acceptors (Lipinski definition) is 6. The first-order valence-electron chi connectivity index (χ1n) is 11.4. The van der Waals surface area contributed by atoms with E-state index in [1.807, 2.05) is 91.0 Å². The SMILES string of the molecule is CC(=O)O[C@@H]1O[C@@H](COCc2ccccc2)[C@@H](OCc2ccccc2)[C@H]1OCc1ccccc1. The maximum absolute atomic E-state index is 11.8. The van der Waals surface area contributed by atoms with E-state index in [2.05, 4.69) is 0 Å². The van der Waals surface area contributed by atoms with Crippen molar-refractivity contribution in [3.8, 4) is 0 Å². The highest BCUT2D eigenvalue weighted by molar-refractivity contribution is 5.66. The fourth-order valence-corrected chi connectivity index (χ4v) is 3.86. The van der Waals surface area contributed by atoms with Crippen LogP contribution in [0.4, 0.5) is 0 Å². The van der Waals surface area contributed by atoms with Crippen molar-refractivity contribution in [2.75, 3.05) is 6.61 Å². The topological polar surface area (TPSA) is 63.2 Å². The number of hydrogen-bond donors (Lipinski definition) is 0. The van der Waals surface area contributed by atoms with E-state index in [4.69, 9.17) is 23.7 Å². The van der Waals surface area contributed by atoms with Crippen LogP contribution in [-0.2, 0) is 48.3 Å². The molecule has 178 valence electrons. The van der Waals surface area contributed by atoms with Crippen LogP contribution in [0.1, 0.15) is 23.6 Å². The van der Waals surface area contributed by atoms with E-state index >= 15 is 0 Å². The van der Waals surface area contributed by atoms with Crippen LogP contribution in [0.2, 0.25) is 0 Å².